The van der Waals surface area contributed by atoms with Crippen molar-refractivity contribution < 1.29 is 0 Å². The van der Waals surface area contributed by atoms with Crippen molar-refractivity contribution in [3.05, 3.63) is 11.1 Å². The van der Waals surface area contributed by atoms with Crippen molar-refractivity contribution in [2.45, 2.75) is 45.6 Å². The van der Waals surface area contributed by atoms with Crippen molar-refractivity contribution in [3.63, 3.8) is 0 Å². The lowest BCUT2D eigenvalue weighted by molar-refractivity contribution is 0.168. The highest BCUT2D eigenvalue weighted by Crippen LogP contribution is 2.30. The SMILES string of the molecule is Cc1csc(N2CCC(C(C)N3CCCC3)CC2)n1. The molecule has 0 aromatic carbocycles. The van der Waals surface area contributed by atoms with Crippen molar-refractivity contribution in [1.29, 1.82) is 0 Å². The van der Waals surface area contributed by atoms with Gasteiger partial charge >= 0.3 is 0 Å². The molecule has 0 radical (unpaired) electrons. The zero-order valence-electron chi connectivity index (χ0n) is 12.1. The number of aromatic nitrogens is 1. The lowest BCUT2D eigenvalue weighted by Crippen LogP contribution is -2.43. The van der Waals surface area contributed by atoms with Crippen molar-refractivity contribution in [3.8, 4) is 0 Å². The second kappa shape index (κ2) is 5.80. The number of piperidine rings is 1. The molecule has 0 bridgehead atoms. The molecule has 0 amide bonds. The number of rotatable bonds is 3. The second-order valence-corrected chi connectivity index (χ2v) is 6.92. The van der Waals surface area contributed by atoms with E-state index in [2.05, 4.69) is 34.0 Å². The molecule has 2 aliphatic rings. The molecule has 1 atom stereocenters. The Morgan fingerprint density at radius 1 is 1.21 bits per heavy atom. The van der Waals surface area contributed by atoms with E-state index in [0.717, 1.165) is 17.7 Å². The van der Waals surface area contributed by atoms with Gasteiger partial charge in [-0.3, -0.25) is 0 Å². The van der Waals surface area contributed by atoms with E-state index in [0.29, 0.717) is 0 Å². The Kier molecular flexibility index (Phi) is 4.08. The van der Waals surface area contributed by atoms with Gasteiger partial charge in [0, 0.05) is 24.5 Å². The fourth-order valence-electron chi connectivity index (χ4n) is 3.51. The van der Waals surface area contributed by atoms with Crippen LogP contribution in [-0.4, -0.2) is 42.1 Å². The van der Waals surface area contributed by atoms with Gasteiger partial charge in [0.1, 0.15) is 0 Å². The summed E-state index contributed by atoms with van der Waals surface area (Å²) in [6, 6.07) is 0.780. The van der Waals surface area contributed by atoms with Gasteiger partial charge < -0.3 is 9.80 Å². The molecule has 0 aliphatic carbocycles. The Bertz CT molecular complexity index is 403. The van der Waals surface area contributed by atoms with Crippen molar-refractivity contribution in [2.24, 2.45) is 5.92 Å². The van der Waals surface area contributed by atoms with E-state index in [-0.39, 0.29) is 0 Å². The molecule has 0 spiro atoms. The van der Waals surface area contributed by atoms with Crippen LogP contribution in [0.3, 0.4) is 0 Å². The topological polar surface area (TPSA) is 19.4 Å². The predicted molar refractivity (Wildman–Crippen MR) is 82.1 cm³/mol. The highest BCUT2D eigenvalue weighted by Gasteiger charge is 2.29. The summed E-state index contributed by atoms with van der Waals surface area (Å²) in [7, 11) is 0. The van der Waals surface area contributed by atoms with Gasteiger partial charge in [0.2, 0.25) is 0 Å². The second-order valence-electron chi connectivity index (χ2n) is 6.08. The molecule has 1 aromatic heterocycles. The molecule has 106 valence electrons. The minimum absolute atomic E-state index is 0.780. The third-order valence-corrected chi connectivity index (χ3v) is 5.84. The lowest BCUT2D eigenvalue weighted by Gasteiger charge is -2.38. The minimum Gasteiger partial charge on any atom is -0.348 e. The van der Waals surface area contributed by atoms with E-state index >= 15 is 0 Å². The first-order chi connectivity index (χ1) is 9.24. The summed E-state index contributed by atoms with van der Waals surface area (Å²) in [5, 5.41) is 3.39. The molecular weight excluding hydrogens is 254 g/mol. The zero-order valence-corrected chi connectivity index (χ0v) is 13.0. The molecule has 19 heavy (non-hydrogen) atoms. The molecular formula is C15H25N3S. The maximum atomic E-state index is 4.62. The summed E-state index contributed by atoms with van der Waals surface area (Å²) in [4.78, 5) is 9.80. The van der Waals surface area contributed by atoms with Gasteiger partial charge in [-0.25, -0.2) is 4.98 Å². The summed E-state index contributed by atoms with van der Waals surface area (Å²) in [5.41, 5.74) is 1.16. The highest BCUT2D eigenvalue weighted by molar-refractivity contribution is 7.13. The van der Waals surface area contributed by atoms with Gasteiger partial charge in [-0.1, -0.05) is 0 Å². The minimum atomic E-state index is 0.780. The molecule has 0 N–H and O–H groups in total. The summed E-state index contributed by atoms with van der Waals surface area (Å²) in [6.45, 7) is 9.56. The van der Waals surface area contributed by atoms with Crippen molar-refractivity contribution in [2.75, 3.05) is 31.1 Å². The Hall–Kier alpha value is -0.610. The summed E-state index contributed by atoms with van der Waals surface area (Å²) >= 11 is 1.80. The average molecular weight is 279 g/mol. The monoisotopic (exact) mass is 279 g/mol. The van der Waals surface area contributed by atoms with Crippen LogP contribution < -0.4 is 4.90 Å². The van der Waals surface area contributed by atoms with Crippen LogP contribution in [0.25, 0.3) is 0 Å². The molecule has 1 unspecified atom stereocenters. The first-order valence-corrected chi connectivity index (χ1v) is 8.53. The van der Waals surface area contributed by atoms with Gasteiger partial charge in [-0.05, 0) is 58.5 Å². The molecule has 2 saturated heterocycles. The Morgan fingerprint density at radius 2 is 1.89 bits per heavy atom. The first kappa shape index (κ1) is 13.4. The molecule has 4 heteroatoms. The molecule has 3 nitrogen and oxygen atoms in total. The number of hydrogen-bond donors (Lipinski definition) is 0. The van der Waals surface area contributed by atoms with Crippen LogP contribution in [-0.2, 0) is 0 Å². The average Bonchev–Trinajstić information content (AvgIpc) is 3.09. The first-order valence-electron chi connectivity index (χ1n) is 7.65. The van der Waals surface area contributed by atoms with Gasteiger partial charge in [0.15, 0.2) is 5.13 Å². The van der Waals surface area contributed by atoms with Gasteiger partial charge in [-0.2, -0.15) is 0 Å². The van der Waals surface area contributed by atoms with Crippen LogP contribution in [0.5, 0.6) is 0 Å². The molecule has 3 rings (SSSR count). The van der Waals surface area contributed by atoms with Crippen LogP contribution in [0.2, 0.25) is 0 Å². The zero-order chi connectivity index (χ0) is 13.2. The quantitative estimate of drug-likeness (QED) is 0.847. The van der Waals surface area contributed by atoms with E-state index < -0.39 is 0 Å². The number of aryl methyl sites for hydroxylation is 1. The Balaban J connectivity index is 1.54. The van der Waals surface area contributed by atoms with Gasteiger partial charge in [-0.15, -0.1) is 11.3 Å². The Labute approximate surface area is 120 Å². The predicted octanol–water partition coefficient (Wildman–Crippen LogP) is 3.15. The number of likely N-dealkylation sites (tertiary alicyclic amines) is 1. The number of thiazole rings is 1. The fraction of sp³-hybridized carbons (Fsp3) is 0.800. The molecule has 0 saturated carbocycles. The molecule has 1 aromatic rings. The van der Waals surface area contributed by atoms with Crippen LogP contribution in [0, 0.1) is 12.8 Å². The van der Waals surface area contributed by atoms with Crippen LogP contribution in [0.1, 0.15) is 38.3 Å². The van der Waals surface area contributed by atoms with Crippen LogP contribution >= 0.6 is 11.3 Å². The van der Waals surface area contributed by atoms with E-state index in [4.69, 9.17) is 0 Å². The maximum absolute atomic E-state index is 4.62. The third-order valence-electron chi connectivity index (χ3n) is 4.82. The number of anilines is 1. The van der Waals surface area contributed by atoms with Gasteiger partial charge in [0.25, 0.3) is 0 Å². The molecule has 2 aliphatic heterocycles. The Morgan fingerprint density at radius 3 is 2.47 bits per heavy atom. The standard InChI is InChI=1S/C15H25N3S/c1-12-11-19-15(16-12)18-9-5-14(6-10-18)13(2)17-7-3-4-8-17/h11,13-14H,3-10H2,1-2H3. The molecule has 2 fully saturated rings. The van der Waals surface area contributed by atoms with Gasteiger partial charge in [0.05, 0.1) is 5.69 Å². The van der Waals surface area contributed by atoms with E-state index in [1.807, 2.05) is 0 Å². The third kappa shape index (κ3) is 2.95. The maximum Gasteiger partial charge on any atom is 0.185 e. The normalized spacial score (nSPS) is 24.0. The molecule has 3 heterocycles. The summed E-state index contributed by atoms with van der Waals surface area (Å²) in [6.07, 6.45) is 5.47. The van der Waals surface area contributed by atoms with E-state index in [9.17, 15) is 0 Å². The highest BCUT2D eigenvalue weighted by atomic mass is 32.1. The van der Waals surface area contributed by atoms with Crippen molar-refractivity contribution >= 4 is 16.5 Å². The smallest absolute Gasteiger partial charge is 0.185 e. The number of hydrogen-bond acceptors (Lipinski definition) is 4. The van der Waals surface area contributed by atoms with Crippen LogP contribution in [0.4, 0.5) is 5.13 Å². The number of nitrogens with zero attached hydrogens (tertiary/aromatic N) is 3. The fourth-order valence-corrected chi connectivity index (χ4v) is 4.36. The van der Waals surface area contributed by atoms with Crippen molar-refractivity contribution in [1.82, 2.24) is 9.88 Å². The van der Waals surface area contributed by atoms with Crippen LogP contribution in [0.15, 0.2) is 5.38 Å². The summed E-state index contributed by atoms with van der Waals surface area (Å²) < 4.78 is 0. The van der Waals surface area contributed by atoms with E-state index in [1.54, 1.807) is 11.3 Å². The lowest BCUT2D eigenvalue weighted by atomic mass is 9.89. The summed E-state index contributed by atoms with van der Waals surface area (Å²) in [5.74, 6) is 0.885. The van der Waals surface area contributed by atoms with E-state index in [1.165, 1.54) is 57.0 Å². The largest absolute Gasteiger partial charge is 0.348 e.